The molecule has 7 heteroatoms. The molecule has 0 bridgehead atoms. The number of nitrogens with one attached hydrogen (secondary N) is 1. The Balaban J connectivity index is 1.54. The second-order valence-corrected chi connectivity index (χ2v) is 7.54. The molecule has 126 valence electrons. The number of hydrogen-bond donors (Lipinski definition) is 1. The fourth-order valence-electron chi connectivity index (χ4n) is 2.44. The van der Waals surface area contributed by atoms with Crippen LogP contribution in [0.5, 0.6) is 0 Å². The fraction of sp³-hybridized carbons (Fsp3) is 0.167. The van der Waals surface area contributed by atoms with Gasteiger partial charge in [-0.3, -0.25) is 0 Å². The van der Waals surface area contributed by atoms with Crippen molar-refractivity contribution in [2.24, 2.45) is 0 Å². The Labute approximate surface area is 153 Å². The van der Waals surface area contributed by atoms with Crippen molar-refractivity contribution in [1.29, 1.82) is 0 Å². The highest BCUT2D eigenvalue weighted by Crippen LogP contribution is 2.34. The van der Waals surface area contributed by atoms with Crippen molar-refractivity contribution >= 4 is 34.4 Å². The maximum atomic E-state index is 6.01. The van der Waals surface area contributed by atoms with E-state index in [2.05, 4.69) is 20.2 Å². The largest absolute Gasteiger partial charge is 0.419 e. The monoisotopic (exact) mass is 370 g/mol. The molecule has 2 heterocycles. The molecule has 2 aromatic carbocycles. The number of fused-ring (bicyclic) bond motifs is 1. The van der Waals surface area contributed by atoms with Gasteiger partial charge in [0, 0.05) is 10.6 Å². The van der Waals surface area contributed by atoms with E-state index < -0.39 is 0 Å². The van der Waals surface area contributed by atoms with Crippen LogP contribution in [0.15, 0.2) is 52.0 Å². The number of imidazole rings is 1. The standard InChI is InChI=1S/C18H15ClN4OS/c1-10-3-5-12(6-4-10)17-23-22-16(24-17)11(2)25-18-20-14-8-7-13(19)9-15(14)21-18/h3-9,11H,1-2H3,(H,20,21). The SMILES string of the molecule is Cc1ccc(-c2nnc(C(C)Sc3nc4ccc(Cl)cc4[nH]3)o2)cc1. The molecule has 1 atom stereocenters. The molecule has 0 amide bonds. The van der Waals surface area contributed by atoms with Crippen molar-refractivity contribution in [2.45, 2.75) is 24.3 Å². The van der Waals surface area contributed by atoms with E-state index in [1.807, 2.05) is 56.3 Å². The van der Waals surface area contributed by atoms with Crippen LogP contribution < -0.4 is 0 Å². The lowest BCUT2D eigenvalue weighted by Crippen LogP contribution is -1.89. The van der Waals surface area contributed by atoms with Crippen molar-refractivity contribution in [3.05, 3.63) is 58.9 Å². The second kappa shape index (κ2) is 6.54. The third-order valence-corrected chi connectivity index (χ3v) is 5.00. The van der Waals surface area contributed by atoms with Crippen LogP contribution in [-0.2, 0) is 0 Å². The van der Waals surface area contributed by atoms with Crippen LogP contribution >= 0.6 is 23.4 Å². The first-order valence-electron chi connectivity index (χ1n) is 7.81. The van der Waals surface area contributed by atoms with E-state index in [1.165, 1.54) is 17.3 Å². The zero-order valence-electron chi connectivity index (χ0n) is 13.7. The van der Waals surface area contributed by atoms with Crippen LogP contribution in [0.1, 0.15) is 23.6 Å². The van der Waals surface area contributed by atoms with E-state index in [-0.39, 0.29) is 5.25 Å². The summed E-state index contributed by atoms with van der Waals surface area (Å²) in [6, 6.07) is 13.6. The van der Waals surface area contributed by atoms with Crippen LogP contribution in [0.25, 0.3) is 22.5 Å². The minimum atomic E-state index is -0.0252. The van der Waals surface area contributed by atoms with Crippen molar-refractivity contribution in [3.8, 4) is 11.5 Å². The van der Waals surface area contributed by atoms with Gasteiger partial charge in [-0.2, -0.15) is 0 Å². The van der Waals surface area contributed by atoms with Gasteiger partial charge in [0.2, 0.25) is 11.8 Å². The predicted octanol–water partition coefficient (Wildman–Crippen LogP) is 5.43. The molecule has 1 unspecified atom stereocenters. The van der Waals surface area contributed by atoms with Gasteiger partial charge >= 0.3 is 0 Å². The number of nitrogens with zero attached hydrogens (tertiary/aromatic N) is 3. The predicted molar refractivity (Wildman–Crippen MR) is 99.8 cm³/mol. The Morgan fingerprint density at radius 3 is 2.72 bits per heavy atom. The van der Waals surface area contributed by atoms with Crippen molar-refractivity contribution < 1.29 is 4.42 Å². The van der Waals surface area contributed by atoms with Gasteiger partial charge in [-0.25, -0.2) is 4.98 Å². The molecule has 0 radical (unpaired) electrons. The first-order valence-corrected chi connectivity index (χ1v) is 9.06. The molecule has 5 nitrogen and oxygen atoms in total. The van der Waals surface area contributed by atoms with E-state index >= 15 is 0 Å². The zero-order chi connectivity index (χ0) is 17.4. The summed E-state index contributed by atoms with van der Waals surface area (Å²) in [5.74, 6) is 1.10. The number of thioether (sulfide) groups is 1. The molecule has 4 rings (SSSR count). The fourth-order valence-corrected chi connectivity index (χ4v) is 3.47. The molecule has 4 aromatic rings. The molecule has 0 aliphatic carbocycles. The summed E-state index contributed by atoms with van der Waals surface area (Å²) in [5.41, 5.74) is 3.90. The molecular weight excluding hydrogens is 356 g/mol. The molecule has 25 heavy (non-hydrogen) atoms. The molecule has 1 N–H and O–H groups in total. The van der Waals surface area contributed by atoms with Gasteiger partial charge in [-0.1, -0.05) is 41.1 Å². The Bertz CT molecular complexity index is 1030. The summed E-state index contributed by atoms with van der Waals surface area (Å²) >= 11 is 7.55. The summed E-state index contributed by atoms with van der Waals surface area (Å²) in [6.45, 7) is 4.06. The maximum absolute atomic E-state index is 6.01. The molecular formula is C18H15ClN4OS. The summed E-state index contributed by atoms with van der Waals surface area (Å²) in [6.07, 6.45) is 0. The van der Waals surface area contributed by atoms with E-state index in [0.29, 0.717) is 16.8 Å². The maximum Gasteiger partial charge on any atom is 0.247 e. The van der Waals surface area contributed by atoms with Gasteiger partial charge in [0.05, 0.1) is 16.3 Å². The number of aromatic nitrogens is 4. The number of rotatable bonds is 4. The number of aryl methyl sites for hydroxylation is 1. The number of halogens is 1. The molecule has 0 saturated heterocycles. The van der Waals surface area contributed by atoms with E-state index in [1.54, 1.807) is 0 Å². The van der Waals surface area contributed by atoms with Crippen LogP contribution in [-0.4, -0.2) is 20.2 Å². The summed E-state index contributed by atoms with van der Waals surface area (Å²) in [5, 5.41) is 9.78. The van der Waals surface area contributed by atoms with Gasteiger partial charge in [-0.15, -0.1) is 10.2 Å². The van der Waals surface area contributed by atoms with E-state index in [0.717, 1.165) is 21.8 Å². The van der Waals surface area contributed by atoms with Gasteiger partial charge in [0.15, 0.2) is 5.16 Å². The van der Waals surface area contributed by atoms with Crippen LogP contribution in [0.3, 0.4) is 0 Å². The second-order valence-electron chi connectivity index (χ2n) is 5.77. The summed E-state index contributed by atoms with van der Waals surface area (Å²) in [4.78, 5) is 7.81. The van der Waals surface area contributed by atoms with Gasteiger partial charge in [-0.05, 0) is 44.2 Å². The zero-order valence-corrected chi connectivity index (χ0v) is 15.2. The normalized spacial score (nSPS) is 12.6. The van der Waals surface area contributed by atoms with Gasteiger partial charge < -0.3 is 9.40 Å². The smallest absolute Gasteiger partial charge is 0.247 e. The van der Waals surface area contributed by atoms with Crippen LogP contribution in [0.2, 0.25) is 5.02 Å². The minimum Gasteiger partial charge on any atom is -0.419 e. The summed E-state index contributed by atoms with van der Waals surface area (Å²) < 4.78 is 5.83. The Morgan fingerprint density at radius 2 is 1.92 bits per heavy atom. The molecule has 0 aliphatic heterocycles. The van der Waals surface area contributed by atoms with Gasteiger partial charge in [0.1, 0.15) is 0 Å². The highest BCUT2D eigenvalue weighted by atomic mass is 35.5. The Morgan fingerprint density at radius 1 is 1.12 bits per heavy atom. The molecule has 0 spiro atoms. The van der Waals surface area contributed by atoms with E-state index in [4.69, 9.17) is 16.0 Å². The molecule has 0 saturated carbocycles. The highest BCUT2D eigenvalue weighted by Gasteiger charge is 2.18. The van der Waals surface area contributed by atoms with E-state index in [9.17, 15) is 0 Å². The number of H-pyrrole nitrogens is 1. The van der Waals surface area contributed by atoms with Crippen molar-refractivity contribution in [2.75, 3.05) is 0 Å². The third kappa shape index (κ3) is 3.41. The first kappa shape index (κ1) is 16.2. The van der Waals surface area contributed by atoms with Crippen LogP contribution in [0, 0.1) is 6.92 Å². The van der Waals surface area contributed by atoms with Crippen molar-refractivity contribution in [3.63, 3.8) is 0 Å². The van der Waals surface area contributed by atoms with Crippen LogP contribution in [0.4, 0.5) is 0 Å². The summed E-state index contributed by atoms with van der Waals surface area (Å²) in [7, 11) is 0. The minimum absolute atomic E-state index is 0.0252. The first-order chi connectivity index (χ1) is 12.1. The quantitative estimate of drug-likeness (QED) is 0.485. The lowest BCUT2D eigenvalue weighted by atomic mass is 10.1. The average molecular weight is 371 g/mol. The highest BCUT2D eigenvalue weighted by molar-refractivity contribution is 7.99. The lowest BCUT2D eigenvalue weighted by Gasteiger charge is -2.03. The third-order valence-electron chi connectivity index (χ3n) is 3.80. The number of hydrogen-bond acceptors (Lipinski definition) is 5. The van der Waals surface area contributed by atoms with Crippen molar-refractivity contribution in [1.82, 2.24) is 20.2 Å². The Hall–Kier alpha value is -2.31. The molecule has 0 fully saturated rings. The lowest BCUT2D eigenvalue weighted by molar-refractivity contribution is 0.509. The average Bonchev–Trinajstić information content (AvgIpc) is 3.21. The molecule has 0 aliphatic rings. The number of aromatic amines is 1. The number of benzene rings is 2. The Kier molecular flexibility index (Phi) is 4.23. The topological polar surface area (TPSA) is 67.6 Å². The molecule has 2 aromatic heterocycles. The van der Waals surface area contributed by atoms with Gasteiger partial charge in [0.25, 0.3) is 0 Å².